The summed E-state index contributed by atoms with van der Waals surface area (Å²) in [6.07, 6.45) is 4.47. The fourth-order valence-electron chi connectivity index (χ4n) is 3.05. The second-order valence-electron chi connectivity index (χ2n) is 6.22. The smallest absolute Gasteiger partial charge is 0.126 e. The van der Waals surface area contributed by atoms with Gasteiger partial charge in [-0.15, -0.1) is 0 Å². The first kappa shape index (κ1) is 13.9. The molecule has 1 aliphatic carbocycles. The molecular weight excluding hydrogens is 281 g/mol. The van der Waals surface area contributed by atoms with Crippen LogP contribution in [0.5, 0.6) is 0 Å². The van der Waals surface area contributed by atoms with Crippen molar-refractivity contribution in [2.75, 3.05) is 26.3 Å². The van der Waals surface area contributed by atoms with E-state index in [1.165, 1.54) is 25.0 Å². The van der Waals surface area contributed by atoms with Gasteiger partial charge in [-0.3, -0.25) is 4.90 Å². The van der Waals surface area contributed by atoms with Crippen LogP contribution < -0.4 is 0 Å². The van der Waals surface area contributed by atoms with Gasteiger partial charge >= 0.3 is 0 Å². The molecule has 1 aromatic carbocycles. The largest absolute Gasteiger partial charge is 0.378 e. The zero-order valence-electron chi connectivity index (χ0n) is 12.5. The molecule has 1 saturated carbocycles. The summed E-state index contributed by atoms with van der Waals surface area (Å²) in [6.45, 7) is 3.55. The molecule has 1 N–H and O–H groups in total. The van der Waals surface area contributed by atoms with Crippen molar-refractivity contribution >= 4 is 0 Å². The van der Waals surface area contributed by atoms with E-state index in [1.807, 2.05) is 6.07 Å². The molecule has 4 nitrogen and oxygen atoms in total. The summed E-state index contributed by atoms with van der Waals surface area (Å²) in [5, 5.41) is 0. The first-order chi connectivity index (χ1) is 10.8. The number of rotatable bonds is 4. The highest BCUT2D eigenvalue weighted by Crippen LogP contribution is 2.33. The Labute approximate surface area is 129 Å². The number of halogens is 1. The quantitative estimate of drug-likeness (QED) is 0.944. The Balaban J connectivity index is 1.56. The lowest BCUT2D eigenvalue weighted by molar-refractivity contribution is -0.0134. The predicted molar refractivity (Wildman–Crippen MR) is 81.8 cm³/mol. The average molecular weight is 301 g/mol. The molecular formula is C17H20FN3O. The number of aromatic amines is 1. The molecule has 0 spiro atoms. The highest BCUT2D eigenvalue weighted by atomic mass is 19.1. The van der Waals surface area contributed by atoms with Crippen LogP contribution in [0.4, 0.5) is 4.39 Å². The molecule has 2 aromatic rings. The number of nitrogens with one attached hydrogen (secondary N) is 1. The van der Waals surface area contributed by atoms with Crippen LogP contribution in [0.1, 0.15) is 24.7 Å². The third-order valence-corrected chi connectivity index (χ3v) is 4.48. The van der Waals surface area contributed by atoms with Crippen molar-refractivity contribution in [3.8, 4) is 11.3 Å². The minimum Gasteiger partial charge on any atom is -0.378 e. The zero-order chi connectivity index (χ0) is 14.9. The lowest BCUT2D eigenvalue weighted by Gasteiger charge is -2.34. The number of morpholine rings is 1. The van der Waals surface area contributed by atoms with Crippen LogP contribution in [0.15, 0.2) is 30.5 Å². The van der Waals surface area contributed by atoms with Crippen LogP contribution in [0, 0.1) is 11.7 Å². The Kier molecular flexibility index (Phi) is 3.68. The molecule has 2 aliphatic rings. The van der Waals surface area contributed by atoms with Crippen LogP contribution in [0.2, 0.25) is 0 Å². The molecule has 0 bridgehead atoms. The first-order valence-corrected chi connectivity index (χ1v) is 7.92. The fourth-order valence-corrected chi connectivity index (χ4v) is 3.05. The Bertz CT molecular complexity index is 653. The Morgan fingerprint density at radius 2 is 2.27 bits per heavy atom. The van der Waals surface area contributed by atoms with Gasteiger partial charge in [0, 0.05) is 18.7 Å². The van der Waals surface area contributed by atoms with Crippen LogP contribution in [0.3, 0.4) is 0 Å². The molecule has 2 fully saturated rings. The number of imidazole rings is 1. The zero-order valence-corrected chi connectivity index (χ0v) is 12.5. The van der Waals surface area contributed by atoms with E-state index >= 15 is 0 Å². The predicted octanol–water partition coefficient (Wildman–Crippen LogP) is 3.00. The van der Waals surface area contributed by atoms with Crippen LogP contribution in [-0.4, -0.2) is 41.2 Å². The molecule has 1 atom stereocenters. The van der Waals surface area contributed by atoms with E-state index in [1.54, 1.807) is 12.3 Å². The molecule has 0 radical (unpaired) electrons. The van der Waals surface area contributed by atoms with E-state index in [-0.39, 0.29) is 11.9 Å². The summed E-state index contributed by atoms with van der Waals surface area (Å²) >= 11 is 0. The number of benzene rings is 1. The number of H-pyrrole nitrogens is 1. The maximum atomic E-state index is 13.4. The van der Waals surface area contributed by atoms with Gasteiger partial charge in [-0.25, -0.2) is 9.37 Å². The standard InChI is InChI=1S/C17H20FN3O/c18-14-3-1-2-13(8-14)15-9-19-17(20-15)16-11-22-7-6-21(16)10-12-4-5-12/h1-3,8-9,12,16H,4-7,10-11H2,(H,19,20)/t16-/m0/s1. The molecule has 1 aliphatic heterocycles. The molecule has 0 unspecified atom stereocenters. The third-order valence-electron chi connectivity index (χ3n) is 4.48. The van der Waals surface area contributed by atoms with Crippen molar-refractivity contribution in [3.05, 3.63) is 42.1 Å². The van der Waals surface area contributed by atoms with E-state index in [9.17, 15) is 4.39 Å². The van der Waals surface area contributed by atoms with E-state index in [0.717, 1.165) is 42.7 Å². The number of ether oxygens (including phenoxy) is 1. The summed E-state index contributed by atoms with van der Waals surface area (Å²) in [5.41, 5.74) is 1.68. The monoisotopic (exact) mass is 301 g/mol. The van der Waals surface area contributed by atoms with E-state index in [2.05, 4.69) is 14.9 Å². The van der Waals surface area contributed by atoms with Gasteiger partial charge in [0.05, 0.1) is 31.1 Å². The van der Waals surface area contributed by atoms with Gasteiger partial charge in [-0.1, -0.05) is 12.1 Å². The van der Waals surface area contributed by atoms with Crippen molar-refractivity contribution in [3.63, 3.8) is 0 Å². The molecule has 5 heteroatoms. The molecule has 2 heterocycles. The second kappa shape index (κ2) is 5.82. The Morgan fingerprint density at radius 3 is 3.09 bits per heavy atom. The van der Waals surface area contributed by atoms with Gasteiger partial charge in [0.2, 0.25) is 0 Å². The normalized spacial score (nSPS) is 22.9. The number of aromatic nitrogens is 2. The number of nitrogens with zero attached hydrogens (tertiary/aromatic N) is 2. The van der Waals surface area contributed by atoms with Crippen LogP contribution in [0.25, 0.3) is 11.3 Å². The molecule has 1 aromatic heterocycles. The minimum atomic E-state index is -0.231. The van der Waals surface area contributed by atoms with E-state index in [0.29, 0.717) is 6.61 Å². The first-order valence-electron chi connectivity index (χ1n) is 7.92. The molecule has 116 valence electrons. The summed E-state index contributed by atoms with van der Waals surface area (Å²) in [6, 6.07) is 6.76. The minimum absolute atomic E-state index is 0.177. The maximum absolute atomic E-state index is 13.4. The third kappa shape index (κ3) is 2.91. The van der Waals surface area contributed by atoms with Crippen molar-refractivity contribution < 1.29 is 9.13 Å². The van der Waals surface area contributed by atoms with Crippen LogP contribution in [-0.2, 0) is 4.74 Å². The number of hydrogen-bond donors (Lipinski definition) is 1. The molecule has 22 heavy (non-hydrogen) atoms. The molecule has 4 rings (SSSR count). The van der Waals surface area contributed by atoms with Crippen molar-refractivity contribution in [1.29, 1.82) is 0 Å². The SMILES string of the molecule is Fc1cccc(-c2cnc([C@@H]3COCCN3CC3CC3)[nH]2)c1. The second-order valence-corrected chi connectivity index (χ2v) is 6.22. The summed E-state index contributed by atoms with van der Waals surface area (Å²) in [5.74, 6) is 1.53. The van der Waals surface area contributed by atoms with E-state index in [4.69, 9.17) is 4.74 Å². The average Bonchev–Trinajstić information content (AvgIpc) is 3.21. The van der Waals surface area contributed by atoms with Crippen molar-refractivity contribution in [2.45, 2.75) is 18.9 Å². The Morgan fingerprint density at radius 1 is 1.36 bits per heavy atom. The summed E-state index contributed by atoms with van der Waals surface area (Å²) in [4.78, 5) is 10.3. The number of hydrogen-bond acceptors (Lipinski definition) is 3. The van der Waals surface area contributed by atoms with Gasteiger partial charge in [-0.05, 0) is 30.9 Å². The summed E-state index contributed by atoms with van der Waals surface area (Å²) < 4.78 is 19.0. The van der Waals surface area contributed by atoms with Gasteiger partial charge in [-0.2, -0.15) is 0 Å². The lowest BCUT2D eigenvalue weighted by Crippen LogP contribution is -2.41. The van der Waals surface area contributed by atoms with Gasteiger partial charge in [0.15, 0.2) is 0 Å². The summed E-state index contributed by atoms with van der Waals surface area (Å²) in [7, 11) is 0. The fraction of sp³-hybridized carbons (Fsp3) is 0.471. The highest BCUT2D eigenvalue weighted by Gasteiger charge is 2.32. The van der Waals surface area contributed by atoms with E-state index < -0.39 is 0 Å². The van der Waals surface area contributed by atoms with Crippen molar-refractivity contribution in [2.24, 2.45) is 5.92 Å². The Hall–Kier alpha value is -1.72. The topological polar surface area (TPSA) is 41.1 Å². The van der Waals surface area contributed by atoms with Crippen LogP contribution >= 0.6 is 0 Å². The van der Waals surface area contributed by atoms with Gasteiger partial charge in [0.1, 0.15) is 11.6 Å². The van der Waals surface area contributed by atoms with Gasteiger partial charge in [0.25, 0.3) is 0 Å². The van der Waals surface area contributed by atoms with Crippen molar-refractivity contribution in [1.82, 2.24) is 14.9 Å². The maximum Gasteiger partial charge on any atom is 0.126 e. The molecule has 1 saturated heterocycles. The lowest BCUT2D eigenvalue weighted by atomic mass is 10.1. The molecule has 0 amide bonds. The highest BCUT2D eigenvalue weighted by molar-refractivity contribution is 5.58. The van der Waals surface area contributed by atoms with Gasteiger partial charge < -0.3 is 9.72 Å².